The molecule has 1 aromatic rings. The maximum Gasteiger partial charge on any atom is 0.236 e. The van der Waals surface area contributed by atoms with Gasteiger partial charge in [0, 0.05) is 18.0 Å². The molecule has 1 aliphatic rings. The van der Waals surface area contributed by atoms with Gasteiger partial charge >= 0.3 is 0 Å². The molecule has 1 saturated heterocycles. The van der Waals surface area contributed by atoms with Crippen molar-refractivity contribution < 1.29 is 4.79 Å². The number of carbonyl (C=O) groups excluding carboxylic acids is 1. The number of carbonyl (C=O) groups is 1. The Bertz CT molecular complexity index is 405. The first-order chi connectivity index (χ1) is 8.15. The Hall–Kier alpha value is -0.520. The van der Waals surface area contributed by atoms with Gasteiger partial charge in [-0.15, -0.1) is 23.1 Å². The lowest BCUT2D eigenvalue weighted by molar-refractivity contribution is -0.129. The fourth-order valence-corrected chi connectivity index (χ4v) is 4.53. The van der Waals surface area contributed by atoms with Gasteiger partial charge < -0.3 is 10.2 Å². The maximum atomic E-state index is 12.1. The van der Waals surface area contributed by atoms with Crippen LogP contribution in [0, 0.1) is 6.92 Å². The quantitative estimate of drug-likeness (QED) is 0.910. The van der Waals surface area contributed by atoms with E-state index in [0.29, 0.717) is 0 Å². The largest absolute Gasteiger partial charge is 0.323 e. The zero-order chi connectivity index (χ0) is 12.4. The van der Waals surface area contributed by atoms with Gasteiger partial charge in [-0.1, -0.05) is 0 Å². The minimum Gasteiger partial charge on any atom is -0.323 e. The van der Waals surface area contributed by atoms with E-state index in [0.717, 1.165) is 13.1 Å². The van der Waals surface area contributed by atoms with Crippen molar-refractivity contribution in [1.29, 1.82) is 0 Å². The van der Waals surface area contributed by atoms with Gasteiger partial charge in [-0.2, -0.15) is 0 Å². The van der Waals surface area contributed by atoms with Crippen LogP contribution in [-0.4, -0.2) is 36.2 Å². The summed E-state index contributed by atoms with van der Waals surface area (Å²) < 4.78 is 0. The molecule has 0 spiro atoms. The highest BCUT2D eigenvalue weighted by Crippen LogP contribution is 2.45. The molecule has 1 amide bonds. The molecule has 1 N–H and O–H groups in total. The van der Waals surface area contributed by atoms with Crippen LogP contribution in [0.1, 0.15) is 22.7 Å². The minimum atomic E-state index is 0.0818. The van der Waals surface area contributed by atoms with Gasteiger partial charge in [0.25, 0.3) is 0 Å². The van der Waals surface area contributed by atoms with E-state index in [4.69, 9.17) is 0 Å². The molecule has 2 rings (SSSR count). The molecule has 0 aromatic carbocycles. The first kappa shape index (κ1) is 12.9. The van der Waals surface area contributed by atoms with Crippen LogP contribution in [0.25, 0.3) is 0 Å². The molecule has 1 aromatic heterocycles. The molecular formula is C12H18N2OS2. The summed E-state index contributed by atoms with van der Waals surface area (Å²) in [5.41, 5.74) is 1.30. The van der Waals surface area contributed by atoms with Crippen molar-refractivity contribution in [1.82, 2.24) is 10.2 Å². The van der Waals surface area contributed by atoms with Crippen LogP contribution < -0.4 is 5.32 Å². The number of thioether (sulfide) groups is 1. The van der Waals surface area contributed by atoms with E-state index in [-0.39, 0.29) is 16.5 Å². The van der Waals surface area contributed by atoms with Crippen LogP contribution in [0.5, 0.6) is 0 Å². The number of hydrogen-bond donors (Lipinski definition) is 1. The Balaban J connectivity index is 2.20. The molecule has 94 valence electrons. The summed E-state index contributed by atoms with van der Waals surface area (Å²) in [7, 11) is 1.92. The molecule has 5 heteroatoms. The number of thiophene rings is 1. The van der Waals surface area contributed by atoms with Gasteiger partial charge in [0.2, 0.25) is 5.91 Å². The predicted octanol–water partition coefficient (Wildman–Crippen LogP) is 2.24. The Labute approximate surface area is 111 Å². The normalized spacial score (nSPS) is 24.6. The topological polar surface area (TPSA) is 32.3 Å². The zero-order valence-electron chi connectivity index (χ0n) is 10.4. The van der Waals surface area contributed by atoms with E-state index in [1.165, 1.54) is 10.4 Å². The van der Waals surface area contributed by atoms with E-state index < -0.39 is 0 Å². The number of hydrogen-bond acceptors (Lipinski definition) is 4. The van der Waals surface area contributed by atoms with Crippen molar-refractivity contribution >= 4 is 29.0 Å². The number of rotatable bonds is 4. The molecule has 3 nitrogen and oxygen atoms in total. The van der Waals surface area contributed by atoms with Crippen molar-refractivity contribution in [3.05, 3.63) is 21.9 Å². The summed E-state index contributed by atoms with van der Waals surface area (Å²) >= 11 is 3.52. The van der Waals surface area contributed by atoms with E-state index in [9.17, 15) is 4.79 Å². The summed E-state index contributed by atoms with van der Waals surface area (Å²) in [6.45, 7) is 5.76. The van der Waals surface area contributed by atoms with Gasteiger partial charge in [0.1, 0.15) is 5.37 Å². The average molecular weight is 270 g/mol. The molecule has 0 aliphatic carbocycles. The minimum absolute atomic E-state index is 0.0818. The number of nitrogens with zero attached hydrogens (tertiary/aromatic N) is 1. The second-order valence-electron chi connectivity index (χ2n) is 4.23. The van der Waals surface area contributed by atoms with Crippen LogP contribution in [0.15, 0.2) is 11.4 Å². The summed E-state index contributed by atoms with van der Waals surface area (Å²) in [5, 5.41) is 5.51. The van der Waals surface area contributed by atoms with Gasteiger partial charge in [-0.05, 0) is 37.9 Å². The van der Waals surface area contributed by atoms with E-state index in [1.54, 1.807) is 23.1 Å². The molecule has 1 aliphatic heterocycles. The van der Waals surface area contributed by atoms with Crippen LogP contribution in [0.4, 0.5) is 0 Å². The third-order valence-electron chi connectivity index (χ3n) is 2.98. The van der Waals surface area contributed by atoms with Crippen LogP contribution >= 0.6 is 23.1 Å². The van der Waals surface area contributed by atoms with Crippen molar-refractivity contribution in [2.24, 2.45) is 0 Å². The van der Waals surface area contributed by atoms with Gasteiger partial charge in [0.15, 0.2) is 0 Å². The van der Waals surface area contributed by atoms with Crippen molar-refractivity contribution in [2.45, 2.75) is 24.5 Å². The molecule has 17 heavy (non-hydrogen) atoms. The van der Waals surface area contributed by atoms with Crippen LogP contribution in [0.3, 0.4) is 0 Å². The SMILES string of the molecule is CNCCN1C(=O)[C@@H](C)S[C@H]1c1sccc1C. The fraction of sp³-hybridized carbons (Fsp3) is 0.583. The number of nitrogens with one attached hydrogen (secondary N) is 1. The summed E-state index contributed by atoms with van der Waals surface area (Å²) in [6, 6.07) is 2.13. The predicted molar refractivity (Wildman–Crippen MR) is 74.5 cm³/mol. The fourth-order valence-electron chi connectivity index (χ4n) is 1.97. The summed E-state index contributed by atoms with van der Waals surface area (Å²) in [5.74, 6) is 0.267. The number of amides is 1. The smallest absolute Gasteiger partial charge is 0.236 e. The Morgan fingerprint density at radius 2 is 2.29 bits per heavy atom. The molecular weight excluding hydrogens is 252 g/mol. The lowest BCUT2D eigenvalue weighted by Crippen LogP contribution is -2.35. The van der Waals surface area contributed by atoms with E-state index >= 15 is 0 Å². The molecule has 0 saturated carbocycles. The highest BCUT2D eigenvalue weighted by molar-refractivity contribution is 8.01. The molecule has 2 atom stereocenters. The third-order valence-corrected chi connectivity index (χ3v) is 5.55. The standard InChI is InChI=1S/C12H18N2OS2/c1-8-4-7-16-10(8)12-14(6-5-13-3)11(15)9(2)17-12/h4,7,9,12-13H,5-6H2,1-3H3/t9-,12+/m1/s1. The molecule has 0 unspecified atom stereocenters. The van der Waals surface area contributed by atoms with Crippen LogP contribution in [0.2, 0.25) is 0 Å². The Morgan fingerprint density at radius 1 is 1.53 bits per heavy atom. The van der Waals surface area contributed by atoms with Crippen molar-refractivity contribution in [3.63, 3.8) is 0 Å². The summed E-state index contributed by atoms with van der Waals surface area (Å²) in [6.07, 6.45) is 0. The van der Waals surface area contributed by atoms with E-state index in [1.807, 2.05) is 18.9 Å². The first-order valence-corrected chi connectivity index (χ1v) is 7.62. The third kappa shape index (κ3) is 2.51. The zero-order valence-corrected chi connectivity index (χ0v) is 12.0. The van der Waals surface area contributed by atoms with Gasteiger partial charge in [0.05, 0.1) is 5.25 Å². The highest BCUT2D eigenvalue weighted by atomic mass is 32.2. The Kier molecular flexibility index (Phi) is 4.12. The van der Waals surface area contributed by atoms with Crippen molar-refractivity contribution in [2.75, 3.05) is 20.1 Å². The van der Waals surface area contributed by atoms with Crippen LogP contribution in [-0.2, 0) is 4.79 Å². The average Bonchev–Trinajstić information content (AvgIpc) is 2.83. The lowest BCUT2D eigenvalue weighted by Gasteiger charge is -2.23. The second kappa shape index (κ2) is 5.42. The monoisotopic (exact) mass is 270 g/mol. The molecule has 0 radical (unpaired) electrons. The number of aryl methyl sites for hydroxylation is 1. The number of likely N-dealkylation sites (N-methyl/N-ethyl adjacent to an activating group) is 1. The highest BCUT2D eigenvalue weighted by Gasteiger charge is 2.39. The molecule has 1 fully saturated rings. The maximum absolute atomic E-state index is 12.1. The van der Waals surface area contributed by atoms with Gasteiger partial charge in [-0.3, -0.25) is 4.79 Å². The summed E-state index contributed by atoms with van der Waals surface area (Å²) in [4.78, 5) is 15.4. The lowest BCUT2D eigenvalue weighted by atomic mass is 10.2. The van der Waals surface area contributed by atoms with E-state index in [2.05, 4.69) is 23.7 Å². The molecule has 2 heterocycles. The Morgan fingerprint density at radius 3 is 2.88 bits per heavy atom. The van der Waals surface area contributed by atoms with Crippen molar-refractivity contribution in [3.8, 4) is 0 Å². The van der Waals surface area contributed by atoms with Gasteiger partial charge in [-0.25, -0.2) is 0 Å². The first-order valence-electron chi connectivity index (χ1n) is 5.79. The second-order valence-corrected chi connectivity index (χ2v) is 6.61. The molecule has 0 bridgehead atoms.